The van der Waals surface area contributed by atoms with Gasteiger partial charge in [0.25, 0.3) is 0 Å². The van der Waals surface area contributed by atoms with Gasteiger partial charge in [-0.15, -0.1) is 0 Å². The van der Waals surface area contributed by atoms with Crippen LogP contribution in [0.4, 0.5) is 0 Å². The fourth-order valence-corrected chi connectivity index (χ4v) is 3.26. The molecule has 1 aliphatic heterocycles. The summed E-state index contributed by atoms with van der Waals surface area (Å²) in [6.45, 7) is 0.519. The molecule has 0 amide bonds. The summed E-state index contributed by atoms with van der Waals surface area (Å²) < 4.78 is 7.24. The Hall–Kier alpha value is -1.82. The van der Waals surface area contributed by atoms with Gasteiger partial charge in [0.15, 0.2) is 0 Å². The van der Waals surface area contributed by atoms with Gasteiger partial charge in [-0.1, -0.05) is 18.2 Å². The molecule has 0 spiro atoms. The Bertz CT molecular complexity index is 580. The van der Waals surface area contributed by atoms with E-state index in [9.17, 15) is 4.79 Å². The number of hydrogen-bond donors (Lipinski definition) is 0. The van der Waals surface area contributed by atoms with Crippen molar-refractivity contribution < 1.29 is 9.53 Å². The number of esters is 1. The third-order valence-electron chi connectivity index (χ3n) is 3.20. The minimum Gasteiger partial charge on any atom is -0.458 e. The number of ether oxygens (including phenoxy) is 1. The predicted molar refractivity (Wildman–Crippen MR) is 76.7 cm³/mol. The van der Waals surface area contributed by atoms with Gasteiger partial charge in [-0.25, -0.2) is 14.5 Å². The topological polar surface area (TPSA) is 57.0 Å². The third-order valence-corrected chi connectivity index (χ3v) is 4.33. The predicted octanol–water partition coefficient (Wildman–Crippen LogP) is 1.99. The lowest BCUT2D eigenvalue weighted by atomic mass is 10.1. The van der Waals surface area contributed by atoms with Crippen molar-refractivity contribution in [3.63, 3.8) is 0 Å². The molecule has 20 heavy (non-hydrogen) atoms. The molecular formula is C14H15N3O2S. The maximum atomic E-state index is 12.3. The summed E-state index contributed by atoms with van der Waals surface area (Å²) in [6.07, 6.45) is 4.11. The zero-order valence-corrected chi connectivity index (χ0v) is 11.8. The van der Waals surface area contributed by atoms with Gasteiger partial charge in [0.05, 0.1) is 12.1 Å². The van der Waals surface area contributed by atoms with Crippen molar-refractivity contribution in [2.75, 3.05) is 11.5 Å². The first-order valence-corrected chi connectivity index (χ1v) is 7.67. The number of nitrogens with zero attached hydrogens (tertiary/aromatic N) is 3. The second-order valence-electron chi connectivity index (χ2n) is 4.64. The number of carbonyl (C=O) groups is 1. The second kappa shape index (κ2) is 6.09. The Morgan fingerprint density at radius 1 is 1.45 bits per heavy atom. The summed E-state index contributed by atoms with van der Waals surface area (Å²) in [5.74, 6) is 1.73. The van der Waals surface area contributed by atoms with E-state index < -0.39 is 0 Å². The summed E-state index contributed by atoms with van der Waals surface area (Å²) in [6, 6.07) is 7.48. The van der Waals surface area contributed by atoms with Gasteiger partial charge in [0.2, 0.25) is 0 Å². The Labute approximate surface area is 121 Å². The van der Waals surface area contributed by atoms with Crippen molar-refractivity contribution in [3.8, 4) is 0 Å². The van der Waals surface area contributed by atoms with E-state index in [0.29, 0.717) is 12.1 Å². The maximum Gasteiger partial charge on any atom is 0.338 e. The minimum absolute atomic E-state index is 0.0481. The molecule has 5 nitrogen and oxygen atoms in total. The molecule has 1 fully saturated rings. The molecule has 0 N–H and O–H groups in total. The Morgan fingerprint density at radius 2 is 2.35 bits per heavy atom. The fraction of sp³-hybridized carbons (Fsp3) is 0.357. The number of carbonyl (C=O) groups excluding carboxylic acids is 1. The average molecular weight is 289 g/mol. The molecule has 0 radical (unpaired) electrons. The van der Waals surface area contributed by atoms with Gasteiger partial charge in [0.1, 0.15) is 18.8 Å². The molecule has 1 aliphatic rings. The van der Waals surface area contributed by atoms with E-state index in [1.54, 1.807) is 17.1 Å². The highest BCUT2D eigenvalue weighted by molar-refractivity contribution is 7.99. The first-order chi connectivity index (χ1) is 9.83. The van der Waals surface area contributed by atoms with Crippen molar-refractivity contribution in [3.05, 3.63) is 48.0 Å². The quantitative estimate of drug-likeness (QED) is 0.806. The molecule has 6 heteroatoms. The van der Waals surface area contributed by atoms with Gasteiger partial charge in [-0.05, 0) is 23.8 Å². The molecule has 2 heterocycles. The first kappa shape index (κ1) is 13.2. The standard InChI is InChI=1S/C14H15N3O2S/c18-14(19-12-5-6-20-8-12)13-4-2-1-3-11(13)7-17-10-15-9-16-17/h1-4,9-10,12H,5-8H2. The van der Waals surface area contributed by atoms with E-state index in [1.165, 1.54) is 6.33 Å². The number of thioether (sulfide) groups is 1. The van der Waals surface area contributed by atoms with E-state index in [0.717, 1.165) is 23.5 Å². The zero-order chi connectivity index (χ0) is 13.8. The lowest BCUT2D eigenvalue weighted by Crippen LogP contribution is -2.19. The van der Waals surface area contributed by atoms with E-state index in [4.69, 9.17) is 4.74 Å². The van der Waals surface area contributed by atoms with Crippen LogP contribution in [0.3, 0.4) is 0 Å². The molecule has 1 saturated heterocycles. The Kier molecular flexibility index (Phi) is 4.01. The van der Waals surface area contributed by atoms with Crippen LogP contribution >= 0.6 is 11.8 Å². The normalized spacial score (nSPS) is 18.1. The van der Waals surface area contributed by atoms with Crippen molar-refractivity contribution >= 4 is 17.7 Å². The maximum absolute atomic E-state index is 12.3. The smallest absolute Gasteiger partial charge is 0.338 e. The molecule has 0 aliphatic carbocycles. The zero-order valence-electron chi connectivity index (χ0n) is 10.9. The molecule has 104 valence electrons. The summed E-state index contributed by atoms with van der Waals surface area (Å²) in [5, 5.41) is 4.07. The van der Waals surface area contributed by atoms with E-state index in [1.807, 2.05) is 30.0 Å². The molecule has 1 atom stereocenters. The third kappa shape index (κ3) is 3.01. The largest absolute Gasteiger partial charge is 0.458 e. The molecular weight excluding hydrogens is 274 g/mol. The second-order valence-corrected chi connectivity index (χ2v) is 5.79. The van der Waals surface area contributed by atoms with Crippen LogP contribution in [0.2, 0.25) is 0 Å². The Morgan fingerprint density at radius 3 is 3.10 bits per heavy atom. The number of rotatable bonds is 4. The summed E-state index contributed by atoms with van der Waals surface area (Å²) >= 11 is 1.83. The van der Waals surface area contributed by atoms with Crippen LogP contribution in [-0.4, -0.2) is 38.3 Å². The lowest BCUT2D eigenvalue weighted by Gasteiger charge is -2.13. The molecule has 1 unspecified atom stereocenters. The van der Waals surface area contributed by atoms with E-state index in [2.05, 4.69) is 10.1 Å². The first-order valence-electron chi connectivity index (χ1n) is 6.52. The summed E-state index contributed by atoms with van der Waals surface area (Å²) in [5.41, 5.74) is 1.51. The highest BCUT2D eigenvalue weighted by Gasteiger charge is 2.22. The van der Waals surface area contributed by atoms with Crippen molar-refractivity contribution in [1.29, 1.82) is 0 Å². The molecule has 2 aromatic rings. The van der Waals surface area contributed by atoms with Gasteiger partial charge in [0, 0.05) is 5.75 Å². The molecule has 0 saturated carbocycles. The summed E-state index contributed by atoms with van der Waals surface area (Å²) in [4.78, 5) is 16.2. The fourth-order valence-electron chi connectivity index (χ4n) is 2.17. The van der Waals surface area contributed by atoms with Crippen LogP contribution < -0.4 is 0 Å². The summed E-state index contributed by atoms with van der Waals surface area (Å²) in [7, 11) is 0. The van der Waals surface area contributed by atoms with E-state index >= 15 is 0 Å². The number of hydrogen-bond acceptors (Lipinski definition) is 5. The van der Waals surface area contributed by atoms with Crippen LogP contribution in [0, 0.1) is 0 Å². The highest BCUT2D eigenvalue weighted by atomic mass is 32.2. The van der Waals surface area contributed by atoms with Gasteiger partial charge in [-0.2, -0.15) is 16.9 Å². The van der Waals surface area contributed by atoms with Crippen LogP contribution in [0.15, 0.2) is 36.9 Å². The molecule has 0 bridgehead atoms. The van der Waals surface area contributed by atoms with Gasteiger partial charge in [-0.3, -0.25) is 0 Å². The molecule has 1 aromatic heterocycles. The number of aromatic nitrogens is 3. The van der Waals surface area contributed by atoms with Crippen molar-refractivity contribution in [2.24, 2.45) is 0 Å². The Balaban J connectivity index is 1.76. The van der Waals surface area contributed by atoms with Crippen LogP contribution in [0.25, 0.3) is 0 Å². The minimum atomic E-state index is -0.242. The lowest BCUT2D eigenvalue weighted by molar-refractivity contribution is 0.0355. The monoisotopic (exact) mass is 289 g/mol. The van der Waals surface area contributed by atoms with Crippen LogP contribution in [0.5, 0.6) is 0 Å². The van der Waals surface area contributed by atoms with Crippen molar-refractivity contribution in [2.45, 2.75) is 19.1 Å². The highest BCUT2D eigenvalue weighted by Crippen LogP contribution is 2.22. The van der Waals surface area contributed by atoms with E-state index in [-0.39, 0.29) is 12.1 Å². The van der Waals surface area contributed by atoms with Gasteiger partial charge >= 0.3 is 5.97 Å². The van der Waals surface area contributed by atoms with Crippen LogP contribution in [-0.2, 0) is 11.3 Å². The van der Waals surface area contributed by atoms with Crippen molar-refractivity contribution in [1.82, 2.24) is 14.8 Å². The van der Waals surface area contributed by atoms with Crippen LogP contribution in [0.1, 0.15) is 22.3 Å². The molecule has 1 aromatic carbocycles. The number of benzene rings is 1. The van der Waals surface area contributed by atoms with Gasteiger partial charge < -0.3 is 4.74 Å². The average Bonchev–Trinajstić information content (AvgIpc) is 3.13. The molecule has 3 rings (SSSR count). The SMILES string of the molecule is O=C(OC1CCSC1)c1ccccc1Cn1cncn1.